The molecule has 1 N–H and O–H groups in total. The fourth-order valence-electron chi connectivity index (χ4n) is 4.44. The Morgan fingerprint density at radius 2 is 1.77 bits per heavy atom. The minimum atomic E-state index is -0.534. The van der Waals surface area contributed by atoms with E-state index in [1.54, 1.807) is 50.6 Å². The first-order valence-electron chi connectivity index (χ1n) is 11.4. The van der Waals surface area contributed by atoms with Crippen LogP contribution < -0.4 is 24.4 Å². The smallest absolute Gasteiger partial charge is 0.227 e. The monoisotopic (exact) mass is 475 g/mol. The molecule has 4 rings (SSSR count). The van der Waals surface area contributed by atoms with E-state index in [4.69, 9.17) is 14.2 Å². The van der Waals surface area contributed by atoms with Crippen LogP contribution in [0.1, 0.15) is 30.1 Å². The maximum absolute atomic E-state index is 13.5. The molecule has 35 heavy (non-hydrogen) atoms. The van der Waals surface area contributed by atoms with Gasteiger partial charge in [-0.05, 0) is 60.5 Å². The third-order valence-corrected chi connectivity index (χ3v) is 6.20. The summed E-state index contributed by atoms with van der Waals surface area (Å²) in [5, 5.41) is 3.01. The lowest BCUT2D eigenvalue weighted by Crippen LogP contribution is -2.48. The molecule has 0 bridgehead atoms. The van der Waals surface area contributed by atoms with E-state index < -0.39 is 12.0 Å². The van der Waals surface area contributed by atoms with Crippen LogP contribution in [-0.2, 0) is 16.1 Å². The Hall–Kier alpha value is -4.07. The largest absolute Gasteiger partial charge is 0.497 e. The highest BCUT2D eigenvalue weighted by atomic mass is 16.5. The summed E-state index contributed by atoms with van der Waals surface area (Å²) in [6, 6.07) is 17.8. The molecule has 3 aromatic rings. The number of rotatable bonds is 8. The van der Waals surface area contributed by atoms with Crippen molar-refractivity contribution in [2.24, 2.45) is 5.92 Å². The van der Waals surface area contributed by atoms with E-state index in [0.717, 1.165) is 11.3 Å². The van der Waals surface area contributed by atoms with Crippen molar-refractivity contribution in [2.45, 2.75) is 25.4 Å². The molecule has 1 fully saturated rings. The molecule has 1 saturated heterocycles. The summed E-state index contributed by atoms with van der Waals surface area (Å²) in [7, 11) is 4.72. The average Bonchev–Trinajstić information content (AvgIpc) is 2.91. The molecule has 1 aliphatic heterocycles. The van der Waals surface area contributed by atoms with Gasteiger partial charge >= 0.3 is 0 Å². The Labute approximate surface area is 204 Å². The van der Waals surface area contributed by atoms with Crippen LogP contribution in [0.4, 0.5) is 5.69 Å². The topological polar surface area (TPSA) is 90.0 Å². The molecule has 0 unspecified atom stereocenters. The van der Waals surface area contributed by atoms with Gasteiger partial charge in [0.1, 0.15) is 5.75 Å². The second-order valence-electron chi connectivity index (χ2n) is 8.21. The van der Waals surface area contributed by atoms with Crippen LogP contribution >= 0.6 is 0 Å². The van der Waals surface area contributed by atoms with E-state index in [-0.39, 0.29) is 18.2 Å². The molecule has 0 spiro atoms. The van der Waals surface area contributed by atoms with Crippen molar-refractivity contribution in [2.75, 3.05) is 26.2 Å². The summed E-state index contributed by atoms with van der Waals surface area (Å²) in [4.78, 5) is 32.7. The Bertz CT molecular complexity index is 1170. The van der Waals surface area contributed by atoms with Crippen LogP contribution in [0.2, 0.25) is 0 Å². The molecule has 8 nitrogen and oxygen atoms in total. The number of carbonyl (C=O) groups excluding carboxylic acids is 2. The SMILES string of the molecule is COc1ccc(N2C(=O)CC[C@@H](C(=O)NCc3ccccn3)[C@@H]2c2ccc(OC)c(OC)c2)cc1. The number of piperidine rings is 1. The first-order valence-corrected chi connectivity index (χ1v) is 11.4. The highest BCUT2D eigenvalue weighted by Crippen LogP contribution is 2.42. The lowest BCUT2D eigenvalue weighted by atomic mass is 9.83. The second kappa shape index (κ2) is 10.9. The summed E-state index contributed by atoms with van der Waals surface area (Å²) >= 11 is 0. The van der Waals surface area contributed by atoms with Crippen molar-refractivity contribution in [1.29, 1.82) is 0 Å². The van der Waals surface area contributed by atoms with Crippen molar-refractivity contribution in [3.8, 4) is 17.2 Å². The normalized spacial score (nSPS) is 17.6. The third-order valence-electron chi connectivity index (χ3n) is 6.20. The first-order chi connectivity index (χ1) is 17.0. The van der Waals surface area contributed by atoms with Crippen LogP contribution in [0.5, 0.6) is 17.2 Å². The number of hydrogen-bond acceptors (Lipinski definition) is 6. The maximum atomic E-state index is 13.5. The number of nitrogens with one attached hydrogen (secondary N) is 1. The molecule has 0 radical (unpaired) electrons. The quantitative estimate of drug-likeness (QED) is 0.531. The summed E-state index contributed by atoms with van der Waals surface area (Å²) in [5.41, 5.74) is 2.24. The van der Waals surface area contributed by atoms with E-state index in [9.17, 15) is 9.59 Å². The average molecular weight is 476 g/mol. The molecule has 2 amide bonds. The Kier molecular flexibility index (Phi) is 7.50. The molecular weight excluding hydrogens is 446 g/mol. The predicted octanol–water partition coefficient (Wildman–Crippen LogP) is 3.91. The van der Waals surface area contributed by atoms with Crippen molar-refractivity contribution in [1.82, 2.24) is 10.3 Å². The van der Waals surface area contributed by atoms with Gasteiger partial charge in [-0.25, -0.2) is 0 Å². The molecule has 1 aliphatic rings. The first kappa shape index (κ1) is 24.1. The second-order valence-corrected chi connectivity index (χ2v) is 8.21. The highest BCUT2D eigenvalue weighted by molar-refractivity contribution is 5.97. The van der Waals surface area contributed by atoms with E-state index in [1.807, 2.05) is 42.5 Å². The van der Waals surface area contributed by atoms with E-state index >= 15 is 0 Å². The zero-order valence-corrected chi connectivity index (χ0v) is 20.1. The Balaban J connectivity index is 1.72. The van der Waals surface area contributed by atoms with Crippen LogP contribution in [0, 0.1) is 5.92 Å². The highest BCUT2D eigenvalue weighted by Gasteiger charge is 2.41. The maximum Gasteiger partial charge on any atom is 0.227 e. The van der Waals surface area contributed by atoms with Gasteiger partial charge in [-0.1, -0.05) is 12.1 Å². The number of anilines is 1. The number of hydrogen-bond donors (Lipinski definition) is 1. The van der Waals surface area contributed by atoms with Gasteiger partial charge in [-0.2, -0.15) is 0 Å². The van der Waals surface area contributed by atoms with Gasteiger partial charge in [0, 0.05) is 18.3 Å². The van der Waals surface area contributed by atoms with Gasteiger partial charge in [-0.3, -0.25) is 14.6 Å². The van der Waals surface area contributed by atoms with Gasteiger partial charge < -0.3 is 24.4 Å². The Morgan fingerprint density at radius 3 is 2.43 bits per heavy atom. The molecule has 2 heterocycles. The zero-order valence-electron chi connectivity index (χ0n) is 20.1. The number of methoxy groups -OCH3 is 3. The number of aromatic nitrogens is 1. The van der Waals surface area contributed by atoms with Gasteiger partial charge in [-0.15, -0.1) is 0 Å². The molecule has 182 valence electrons. The van der Waals surface area contributed by atoms with E-state index in [2.05, 4.69) is 10.3 Å². The number of benzene rings is 2. The van der Waals surface area contributed by atoms with Gasteiger partial charge in [0.25, 0.3) is 0 Å². The number of amides is 2. The van der Waals surface area contributed by atoms with Crippen molar-refractivity contribution < 1.29 is 23.8 Å². The zero-order chi connectivity index (χ0) is 24.8. The predicted molar refractivity (Wildman–Crippen MR) is 132 cm³/mol. The molecule has 8 heteroatoms. The standard InChI is InChI=1S/C27H29N3O5/c1-33-21-10-8-20(9-11-21)30-25(31)14-12-22(27(32)29-17-19-6-4-5-15-28-19)26(30)18-7-13-23(34-2)24(16-18)35-3/h4-11,13,15-16,22,26H,12,14,17H2,1-3H3,(H,29,32)/t22-,26+/m1/s1. The van der Waals surface area contributed by atoms with Crippen molar-refractivity contribution in [3.05, 3.63) is 78.1 Å². The fraction of sp³-hybridized carbons (Fsp3) is 0.296. The lowest BCUT2D eigenvalue weighted by Gasteiger charge is -2.41. The third kappa shape index (κ3) is 5.21. The summed E-state index contributed by atoms with van der Waals surface area (Å²) in [5.74, 6) is 1.13. The van der Waals surface area contributed by atoms with Gasteiger partial charge in [0.2, 0.25) is 11.8 Å². The minimum absolute atomic E-state index is 0.0521. The van der Waals surface area contributed by atoms with E-state index in [0.29, 0.717) is 35.9 Å². The Morgan fingerprint density at radius 1 is 1.00 bits per heavy atom. The number of pyridine rings is 1. The molecule has 1 aromatic heterocycles. The van der Waals surface area contributed by atoms with Crippen molar-refractivity contribution in [3.63, 3.8) is 0 Å². The molecule has 2 aromatic carbocycles. The summed E-state index contributed by atoms with van der Waals surface area (Å²) in [6.07, 6.45) is 2.38. The number of carbonyl (C=O) groups is 2. The molecule has 2 atom stereocenters. The van der Waals surface area contributed by atoms with E-state index in [1.165, 1.54) is 0 Å². The molecular formula is C27H29N3O5. The van der Waals surface area contributed by atoms with Crippen LogP contribution in [0.3, 0.4) is 0 Å². The minimum Gasteiger partial charge on any atom is -0.497 e. The number of ether oxygens (including phenoxy) is 3. The van der Waals surface area contributed by atoms with Crippen molar-refractivity contribution >= 4 is 17.5 Å². The van der Waals surface area contributed by atoms with Crippen LogP contribution in [0.25, 0.3) is 0 Å². The summed E-state index contributed by atoms with van der Waals surface area (Å²) in [6.45, 7) is 0.311. The fourth-order valence-corrected chi connectivity index (χ4v) is 4.44. The van der Waals surface area contributed by atoms with Gasteiger partial charge in [0.05, 0.1) is 45.5 Å². The number of nitrogens with zero attached hydrogens (tertiary/aromatic N) is 2. The van der Waals surface area contributed by atoms with Crippen LogP contribution in [0.15, 0.2) is 66.9 Å². The summed E-state index contributed by atoms with van der Waals surface area (Å²) < 4.78 is 16.2. The van der Waals surface area contributed by atoms with Gasteiger partial charge in [0.15, 0.2) is 11.5 Å². The lowest BCUT2D eigenvalue weighted by molar-refractivity contribution is -0.129. The molecule has 0 aliphatic carbocycles. The van der Waals surface area contributed by atoms with Crippen LogP contribution in [-0.4, -0.2) is 38.1 Å². The molecule has 0 saturated carbocycles.